The molecule has 1 fully saturated rings. The SMILES string of the molecule is c1ccc2c(c1)OCCOCCO[C@@H]1CCCC[C@H]1OCCOCCO2. The third-order valence-corrected chi connectivity index (χ3v) is 4.58. The van der Waals surface area contributed by atoms with Gasteiger partial charge in [-0.05, 0) is 25.0 Å². The average molecular weight is 366 g/mol. The topological polar surface area (TPSA) is 55.4 Å². The number of rotatable bonds is 0. The van der Waals surface area contributed by atoms with E-state index in [2.05, 4.69) is 0 Å². The van der Waals surface area contributed by atoms with Gasteiger partial charge in [0.1, 0.15) is 13.2 Å². The molecule has 6 heteroatoms. The molecule has 0 aromatic heterocycles. The zero-order chi connectivity index (χ0) is 17.9. The fourth-order valence-corrected chi connectivity index (χ4v) is 3.27. The van der Waals surface area contributed by atoms with Crippen molar-refractivity contribution in [2.24, 2.45) is 0 Å². The van der Waals surface area contributed by atoms with Crippen LogP contribution in [-0.2, 0) is 18.9 Å². The van der Waals surface area contributed by atoms with Gasteiger partial charge < -0.3 is 28.4 Å². The molecule has 0 amide bonds. The van der Waals surface area contributed by atoms with E-state index in [0.29, 0.717) is 52.9 Å². The number of benzene rings is 1. The van der Waals surface area contributed by atoms with Crippen molar-refractivity contribution < 1.29 is 28.4 Å². The van der Waals surface area contributed by atoms with E-state index in [-0.39, 0.29) is 12.2 Å². The van der Waals surface area contributed by atoms with Crippen molar-refractivity contribution in [2.45, 2.75) is 37.9 Å². The van der Waals surface area contributed by atoms with Gasteiger partial charge in [0.25, 0.3) is 0 Å². The highest BCUT2D eigenvalue weighted by Crippen LogP contribution is 2.26. The Morgan fingerprint density at radius 2 is 1.04 bits per heavy atom. The Hall–Kier alpha value is -1.34. The maximum Gasteiger partial charge on any atom is 0.161 e. The summed E-state index contributed by atoms with van der Waals surface area (Å²) in [6.45, 7) is 4.29. The molecule has 0 N–H and O–H groups in total. The third-order valence-electron chi connectivity index (χ3n) is 4.58. The van der Waals surface area contributed by atoms with Crippen LogP contribution in [0.2, 0.25) is 0 Å². The van der Waals surface area contributed by atoms with Crippen molar-refractivity contribution in [1.82, 2.24) is 0 Å². The molecule has 0 saturated heterocycles. The van der Waals surface area contributed by atoms with Crippen molar-refractivity contribution in [3.8, 4) is 11.5 Å². The second-order valence-corrected chi connectivity index (χ2v) is 6.47. The molecular formula is C20H30O6. The normalized spacial score (nSPS) is 26.9. The van der Waals surface area contributed by atoms with Gasteiger partial charge in [-0.25, -0.2) is 0 Å². The molecule has 6 nitrogen and oxygen atoms in total. The lowest BCUT2D eigenvalue weighted by atomic mass is 9.94. The summed E-state index contributed by atoms with van der Waals surface area (Å²) in [6, 6.07) is 7.65. The summed E-state index contributed by atoms with van der Waals surface area (Å²) in [6.07, 6.45) is 4.84. The monoisotopic (exact) mass is 366 g/mol. The van der Waals surface area contributed by atoms with Gasteiger partial charge in [0.05, 0.1) is 51.8 Å². The molecule has 146 valence electrons. The molecule has 2 aliphatic rings. The molecule has 1 aliphatic carbocycles. The van der Waals surface area contributed by atoms with Crippen molar-refractivity contribution in [3.63, 3.8) is 0 Å². The lowest BCUT2D eigenvalue weighted by Gasteiger charge is -2.31. The number of ether oxygens (including phenoxy) is 6. The first-order valence-corrected chi connectivity index (χ1v) is 9.67. The van der Waals surface area contributed by atoms with Crippen LogP contribution in [0, 0.1) is 0 Å². The van der Waals surface area contributed by atoms with E-state index in [4.69, 9.17) is 28.4 Å². The van der Waals surface area contributed by atoms with Gasteiger partial charge in [-0.2, -0.15) is 0 Å². The van der Waals surface area contributed by atoms with E-state index in [9.17, 15) is 0 Å². The molecular weight excluding hydrogens is 336 g/mol. The predicted molar refractivity (Wildman–Crippen MR) is 97.0 cm³/mol. The van der Waals surface area contributed by atoms with Crippen LogP contribution in [0.5, 0.6) is 11.5 Å². The Morgan fingerprint density at radius 3 is 1.54 bits per heavy atom. The van der Waals surface area contributed by atoms with E-state index in [0.717, 1.165) is 24.3 Å². The Labute approximate surface area is 155 Å². The number of para-hydroxylation sites is 2. The van der Waals surface area contributed by atoms with E-state index in [1.807, 2.05) is 24.3 Å². The van der Waals surface area contributed by atoms with Gasteiger partial charge >= 0.3 is 0 Å². The van der Waals surface area contributed by atoms with Gasteiger partial charge in [-0.3, -0.25) is 0 Å². The predicted octanol–water partition coefficient (Wildman–Crippen LogP) is 2.84. The smallest absolute Gasteiger partial charge is 0.161 e. The summed E-state index contributed by atoms with van der Waals surface area (Å²) in [5.41, 5.74) is 0. The minimum Gasteiger partial charge on any atom is -0.487 e. The molecule has 1 heterocycles. The Balaban J connectivity index is 1.50. The lowest BCUT2D eigenvalue weighted by molar-refractivity contribution is -0.110. The molecule has 0 radical (unpaired) electrons. The van der Waals surface area contributed by atoms with Gasteiger partial charge in [0.15, 0.2) is 11.5 Å². The molecule has 26 heavy (non-hydrogen) atoms. The highest BCUT2D eigenvalue weighted by molar-refractivity contribution is 5.39. The van der Waals surface area contributed by atoms with Crippen LogP contribution in [0.15, 0.2) is 24.3 Å². The van der Waals surface area contributed by atoms with Crippen molar-refractivity contribution in [2.75, 3.05) is 52.9 Å². The molecule has 0 spiro atoms. The standard InChI is InChI=1S/C20H30O6/c1-2-6-18-17(5-1)23-13-9-21-11-15-25-19-7-3-4-8-20(19)26-16-12-22-10-14-24-18/h1-2,5-6,19-20H,3-4,7-16H2/t19-,20-/m1/s1. The molecule has 3 rings (SSSR count). The third kappa shape index (κ3) is 6.43. The van der Waals surface area contributed by atoms with Crippen LogP contribution in [0.3, 0.4) is 0 Å². The van der Waals surface area contributed by atoms with Crippen LogP contribution in [0.4, 0.5) is 0 Å². The highest BCUT2D eigenvalue weighted by atomic mass is 16.6. The van der Waals surface area contributed by atoms with Crippen LogP contribution in [0.1, 0.15) is 25.7 Å². The largest absolute Gasteiger partial charge is 0.487 e. The van der Waals surface area contributed by atoms with Crippen molar-refractivity contribution >= 4 is 0 Å². The molecule has 1 aromatic carbocycles. The molecule has 1 aliphatic heterocycles. The number of hydrogen-bond acceptors (Lipinski definition) is 6. The lowest BCUT2D eigenvalue weighted by Crippen LogP contribution is -2.36. The van der Waals surface area contributed by atoms with Crippen molar-refractivity contribution in [1.29, 1.82) is 0 Å². The van der Waals surface area contributed by atoms with Crippen LogP contribution < -0.4 is 9.47 Å². The first kappa shape index (κ1) is 19.4. The van der Waals surface area contributed by atoms with Gasteiger partial charge in [0, 0.05) is 0 Å². The fourth-order valence-electron chi connectivity index (χ4n) is 3.27. The number of hydrogen-bond donors (Lipinski definition) is 0. The van der Waals surface area contributed by atoms with Crippen molar-refractivity contribution in [3.05, 3.63) is 24.3 Å². The maximum absolute atomic E-state index is 6.00. The summed E-state index contributed by atoms with van der Waals surface area (Å²) in [7, 11) is 0. The van der Waals surface area contributed by atoms with Gasteiger partial charge in [-0.1, -0.05) is 25.0 Å². The summed E-state index contributed by atoms with van der Waals surface area (Å²) >= 11 is 0. The Morgan fingerprint density at radius 1 is 0.577 bits per heavy atom. The molecule has 1 aromatic rings. The molecule has 0 unspecified atom stereocenters. The minimum atomic E-state index is 0.165. The summed E-state index contributed by atoms with van der Waals surface area (Å²) in [4.78, 5) is 0. The van der Waals surface area contributed by atoms with Crippen LogP contribution >= 0.6 is 0 Å². The van der Waals surface area contributed by atoms with E-state index >= 15 is 0 Å². The zero-order valence-electron chi connectivity index (χ0n) is 15.4. The van der Waals surface area contributed by atoms with E-state index in [1.165, 1.54) is 12.8 Å². The Bertz CT molecular complexity index is 464. The summed E-state index contributed by atoms with van der Waals surface area (Å²) < 4.78 is 34.8. The second kappa shape index (κ2) is 11.4. The number of fused-ring (bicyclic) bond motifs is 2. The minimum absolute atomic E-state index is 0.165. The van der Waals surface area contributed by atoms with Gasteiger partial charge in [0.2, 0.25) is 0 Å². The van der Waals surface area contributed by atoms with E-state index < -0.39 is 0 Å². The quantitative estimate of drug-likeness (QED) is 0.704. The maximum atomic E-state index is 6.00. The Kier molecular flexibility index (Phi) is 8.51. The van der Waals surface area contributed by atoms with Crippen LogP contribution in [-0.4, -0.2) is 65.1 Å². The van der Waals surface area contributed by atoms with Gasteiger partial charge in [-0.15, -0.1) is 0 Å². The fraction of sp³-hybridized carbons (Fsp3) is 0.700. The summed E-state index contributed by atoms with van der Waals surface area (Å²) in [5, 5.41) is 0. The molecule has 0 bridgehead atoms. The molecule has 1 saturated carbocycles. The first-order valence-electron chi connectivity index (χ1n) is 9.67. The van der Waals surface area contributed by atoms with Crippen LogP contribution in [0.25, 0.3) is 0 Å². The zero-order valence-corrected chi connectivity index (χ0v) is 15.4. The highest BCUT2D eigenvalue weighted by Gasteiger charge is 2.26. The average Bonchev–Trinajstić information content (AvgIpc) is 2.68. The first-order chi connectivity index (χ1) is 12.9. The second-order valence-electron chi connectivity index (χ2n) is 6.47. The summed E-state index contributed by atoms with van der Waals surface area (Å²) in [5.74, 6) is 1.45. The molecule has 2 atom stereocenters. The van der Waals surface area contributed by atoms with E-state index in [1.54, 1.807) is 0 Å².